The third kappa shape index (κ3) is 2.96. The zero-order valence-corrected chi connectivity index (χ0v) is 14.4. The molecule has 2 saturated heterocycles. The van der Waals surface area contributed by atoms with Crippen LogP contribution in [0.15, 0.2) is 36.7 Å². The first-order valence-corrected chi connectivity index (χ1v) is 8.63. The second-order valence-electron chi connectivity index (χ2n) is 7.29. The van der Waals surface area contributed by atoms with E-state index < -0.39 is 0 Å². The van der Waals surface area contributed by atoms with E-state index in [0.717, 1.165) is 32.7 Å². The Morgan fingerprint density at radius 1 is 1.17 bits per heavy atom. The van der Waals surface area contributed by atoms with Crippen molar-refractivity contribution in [1.29, 1.82) is 0 Å². The van der Waals surface area contributed by atoms with Gasteiger partial charge in [-0.05, 0) is 12.5 Å². The number of rotatable bonds is 4. The topological polar surface area (TPSA) is 41.4 Å². The number of carbonyl (C=O) groups is 1. The molecular formula is C19H24N4O. The van der Waals surface area contributed by atoms with Crippen LogP contribution >= 0.6 is 0 Å². The molecule has 2 aliphatic heterocycles. The average Bonchev–Trinajstić information content (AvgIpc) is 3.19. The highest BCUT2D eigenvalue weighted by Gasteiger charge is 2.45. The monoisotopic (exact) mass is 324 g/mol. The van der Waals surface area contributed by atoms with Gasteiger partial charge in [0.15, 0.2) is 0 Å². The molecule has 0 saturated carbocycles. The molecule has 5 heteroatoms. The molecule has 0 unspecified atom stereocenters. The van der Waals surface area contributed by atoms with Crippen molar-refractivity contribution >= 4 is 5.91 Å². The number of hydrogen-bond donors (Lipinski definition) is 0. The maximum absolute atomic E-state index is 12.8. The normalized spacial score (nSPS) is 23.9. The van der Waals surface area contributed by atoms with Gasteiger partial charge in [0.2, 0.25) is 5.91 Å². The fourth-order valence-electron chi connectivity index (χ4n) is 4.15. The summed E-state index contributed by atoms with van der Waals surface area (Å²) in [6.45, 7) is 6.52. The van der Waals surface area contributed by atoms with Gasteiger partial charge >= 0.3 is 0 Å². The van der Waals surface area contributed by atoms with E-state index in [4.69, 9.17) is 0 Å². The molecule has 0 bridgehead atoms. The Kier molecular flexibility index (Phi) is 3.88. The summed E-state index contributed by atoms with van der Waals surface area (Å²) in [7, 11) is 1.94. The van der Waals surface area contributed by atoms with E-state index in [1.54, 1.807) is 0 Å². The lowest BCUT2D eigenvalue weighted by molar-refractivity contribution is -0.131. The van der Waals surface area contributed by atoms with E-state index in [9.17, 15) is 4.79 Å². The van der Waals surface area contributed by atoms with Crippen molar-refractivity contribution in [2.75, 3.05) is 19.6 Å². The fourth-order valence-corrected chi connectivity index (χ4v) is 4.15. The van der Waals surface area contributed by atoms with Crippen molar-refractivity contribution in [1.82, 2.24) is 19.6 Å². The predicted octanol–water partition coefficient (Wildman–Crippen LogP) is 1.82. The lowest BCUT2D eigenvalue weighted by Gasteiger charge is -2.21. The third-order valence-electron chi connectivity index (χ3n) is 5.22. The van der Waals surface area contributed by atoms with Crippen LogP contribution in [0.25, 0.3) is 0 Å². The highest BCUT2D eigenvalue weighted by molar-refractivity contribution is 5.82. The second-order valence-corrected chi connectivity index (χ2v) is 7.29. The number of hydrogen-bond acceptors (Lipinski definition) is 3. The summed E-state index contributed by atoms with van der Waals surface area (Å²) >= 11 is 0. The summed E-state index contributed by atoms with van der Waals surface area (Å²) in [6.07, 6.45) is 3.97. The Labute approximate surface area is 142 Å². The van der Waals surface area contributed by atoms with E-state index in [0.29, 0.717) is 11.8 Å². The van der Waals surface area contributed by atoms with E-state index in [1.807, 2.05) is 22.8 Å². The molecule has 126 valence electrons. The molecule has 2 aliphatic rings. The van der Waals surface area contributed by atoms with Gasteiger partial charge in [-0.3, -0.25) is 14.4 Å². The van der Waals surface area contributed by atoms with Crippen LogP contribution in [0.2, 0.25) is 0 Å². The number of fused-ring (bicyclic) bond motifs is 1. The number of amides is 1. The highest BCUT2D eigenvalue weighted by Crippen LogP contribution is 2.33. The minimum absolute atomic E-state index is 0.173. The van der Waals surface area contributed by atoms with Crippen molar-refractivity contribution in [3.05, 3.63) is 53.3 Å². The van der Waals surface area contributed by atoms with Crippen LogP contribution in [0.3, 0.4) is 0 Å². The summed E-state index contributed by atoms with van der Waals surface area (Å²) in [5.41, 5.74) is 3.71. The van der Waals surface area contributed by atoms with Gasteiger partial charge in [0.1, 0.15) is 0 Å². The first kappa shape index (κ1) is 15.4. The summed E-state index contributed by atoms with van der Waals surface area (Å²) in [6, 6.07) is 8.46. The van der Waals surface area contributed by atoms with Crippen molar-refractivity contribution in [3.8, 4) is 0 Å². The lowest BCUT2D eigenvalue weighted by atomic mass is 10.0. The molecule has 0 spiro atoms. The smallest absolute Gasteiger partial charge is 0.227 e. The SMILES string of the molecule is Cc1cccc(CN2C[C@@H]3CN(Cc4cnn(C)c4)C[C@H]3C2=O)c1. The zero-order valence-electron chi connectivity index (χ0n) is 14.4. The molecule has 5 nitrogen and oxygen atoms in total. The van der Waals surface area contributed by atoms with Crippen molar-refractivity contribution < 1.29 is 4.79 Å². The number of nitrogens with zero attached hydrogens (tertiary/aromatic N) is 4. The first-order chi connectivity index (χ1) is 11.6. The van der Waals surface area contributed by atoms with Crippen molar-refractivity contribution in [2.45, 2.75) is 20.0 Å². The summed E-state index contributed by atoms with van der Waals surface area (Å²) in [4.78, 5) is 17.2. The molecule has 1 aromatic heterocycles. The maximum atomic E-state index is 12.8. The Bertz CT molecular complexity index is 753. The fraction of sp³-hybridized carbons (Fsp3) is 0.474. The van der Waals surface area contributed by atoms with Gasteiger partial charge in [0.05, 0.1) is 12.1 Å². The highest BCUT2D eigenvalue weighted by atomic mass is 16.2. The van der Waals surface area contributed by atoms with Gasteiger partial charge in [0.25, 0.3) is 0 Å². The molecule has 0 aliphatic carbocycles. The second kappa shape index (κ2) is 6.06. The number of likely N-dealkylation sites (tertiary alicyclic amines) is 2. The largest absolute Gasteiger partial charge is 0.338 e. The summed E-state index contributed by atoms with van der Waals surface area (Å²) < 4.78 is 1.83. The molecule has 2 fully saturated rings. The minimum atomic E-state index is 0.173. The molecule has 24 heavy (non-hydrogen) atoms. The Hall–Kier alpha value is -2.14. The number of aryl methyl sites for hydroxylation is 2. The third-order valence-corrected chi connectivity index (χ3v) is 5.22. The maximum Gasteiger partial charge on any atom is 0.227 e. The van der Waals surface area contributed by atoms with Crippen LogP contribution in [0.4, 0.5) is 0 Å². The van der Waals surface area contributed by atoms with Gasteiger partial charge in [-0.2, -0.15) is 5.10 Å². The van der Waals surface area contributed by atoms with Crippen LogP contribution in [-0.4, -0.2) is 45.1 Å². The molecule has 0 N–H and O–H groups in total. The van der Waals surface area contributed by atoms with Crippen LogP contribution < -0.4 is 0 Å². The molecule has 3 heterocycles. The number of carbonyl (C=O) groups excluding carboxylic acids is 1. The Morgan fingerprint density at radius 2 is 2.04 bits per heavy atom. The zero-order chi connectivity index (χ0) is 16.7. The Morgan fingerprint density at radius 3 is 2.75 bits per heavy atom. The molecule has 4 rings (SSSR count). The van der Waals surface area contributed by atoms with E-state index in [1.165, 1.54) is 16.7 Å². The number of benzene rings is 1. The lowest BCUT2D eigenvalue weighted by Crippen LogP contribution is -2.32. The van der Waals surface area contributed by atoms with E-state index in [-0.39, 0.29) is 5.92 Å². The molecular weight excluding hydrogens is 300 g/mol. The summed E-state index contributed by atoms with van der Waals surface area (Å²) in [5.74, 6) is 0.973. The number of aromatic nitrogens is 2. The minimum Gasteiger partial charge on any atom is -0.338 e. The molecule has 1 aromatic carbocycles. The molecule has 2 aromatic rings. The van der Waals surface area contributed by atoms with Crippen LogP contribution in [0.5, 0.6) is 0 Å². The van der Waals surface area contributed by atoms with Gasteiger partial charge in [-0.25, -0.2) is 0 Å². The van der Waals surface area contributed by atoms with Crippen LogP contribution in [0.1, 0.15) is 16.7 Å². The standard InChI is InChI=1S/C19H24N4O/c1-14-4-3-5-15(6-14)10-23-12-17-11-22(13-18(17)19(23)24)9-16-7-20-21(2)8-16/h3-8,17-18H,9-13H2,1-2H3/t17-,18+/m0/s1. The average molecular weight is 324 g/mol. The first-order valence-electron chi connectivity index (χ1n) is 8.63. The Balaban J connectivity index is 1.37. The molecule has 2 atom stereocenters. The predicted molar refractivity (Wildman–Crippen MR) is 92.1 cm³/mol. The van der Waals surface area contributed by atoms with Crippen molar-refractivity contribution in [2.24, 2.45) is 18.9 Å². The van der Waals surface area contributed by atoms with Gasteiger partial charge in [-0.1, -0.05) is 29.8 Å². The quantitative estimate of drug-likeness (QED) is 0.861. The van der Waals surface area contributed by atoms with Crippen LogP contribution in [-0.2, 0) is 24.9 Å². The van der Waals surface area contributed by atoms with Gasteiger partial charge < -0.3 is 4.90 Å². The summed E-state index contributed by atoms with van der Waals surface area (Å²) in [5, 5.41) is 4.23. The van der Waals surface area contributed by atoms with Crippen LogP contribution in [0, 0.1) is 18.8 Å². The van der Waals surface area contributed by atoms with Gasteiger partial charge in [0, 0.05) is 57.4 Å². The van der Waals surface area contributed by atoms with Crippen molar-refractivity contribution in [3.63, 3.8) is 0 Å². The van der Waals surface area contributed by atoms with E-state index >= 15 is 0 Å². The molecule has 0 radical (unpaired) electrons. The van der Waals surface area contributed by atoms with E-state index in [2.05, 4.69) is 47.4 Å². The van der Waals surface area contributed by atoms with Gasteiger partial charge in [-0.15, -0.1) is 0 Å². The molecule has 1 amide bonds.